The molecule has 1 amide bonds. The van der Waals surface area contributed by atoms with Gasteiger partial charge in [0, 0.05) is 16.9 Å². The highest BCUT2D eigenvalue weighted by atomic mass is 32.1. The lowest BCUT2D eigenvalue weighted by molar-refractivity contribution is -0.115. The fourth-order valence-corrected chi connectivity index (χ4v) is 2.72. The highest BCUT2D eigenvalue weighted by Crippen LogP contribution is 2.40. The maximum Gasteiger partial charge on any atom is 0.230 e. The van der Waals surface area contributed by atoms with E-state index in [2.05, 4.69) is 10.3 Å². The zero-order valence-electron chi connectivity index (χ0n) is 10.3. The smallest absolute Gasteiger partial charge is 0.230 e. The van der Waals surface area contributed by atoms with E-state index in [9.17, 15) is 9.90 Å². The lowest BCUT2D eigenvalue weighted by atomic mass is 10.1. The Kier molecular flexibility index (Phi) is 3.21. The molecule has 5 heteroatoms. The predicted octanol–water partition coefficient (Wildman–Crippen LogP) is 2.91. The summed E-state index contributed by atoms with van der Waals surface area (Å²) in [6.07, 6.45) is 2.56. The van der Waals surface area contributed by atoms with Crippen molar-refractivity contribution in [1.82, 2.24) is 4.98 Å². The molecule has 0 atom stereocenters. The third kappa shape index (κ3) is 2.93. The van der Waals surface area contributed by atoms with Gasteiger partial charge in [-0.2, -0.15) is 0 Å². The van der Waals surface area contributed by atoms with Crippen molar-refractivity contribution in [2.24, 2.45) is 0 Å². The van der Waals surface area contributed by atoms with Crippen molar-refractivity contribution in [1.29, 1.82) is 0 Å². The van der Waals surface area contributed by atoms with E-state index in [1.165, 1.54) is 24.2 Å². The first-order chi connectivity index (χ1) is 9.22. The van der Waals surface area contributed by atoms with Gasteiger partial charge in [-0.3, -0.25) is 4.79 Å². The van der Waals surface area contributed by atoms with Crippen molar-refractivity contribution >= 4 is 22.4 Å². The van der Waals surface area contributed by atoms with Crippen molar-refractivity contribution in [3.8, 4) is 5.75 Å². The summed E-state index contributed by atoms with van der Waals surface area (Å²) in [5.41, 5.74) is 1.71. The van der Waals surface area contributed by atoms with E-state index < -0.39 is 0 Å². The number of para-hydroxylation sites is 1. The third-order valence-electron chi connectivity index (χ3n) is 3.11. The molecule has 0 bridgehead atoms. The molecule has 2 aromatic rings. The minimum absolute atomic E-state index is 0.149. The van der Waals surface area contributed by atoms with Gasteiger partial charge in [-0.15, -0.1) is 11.3 Å². The first-order valence-electron chi connectivity index (χ1n) is 6.24. The number of nitrogens with zero attached hydrogens (tertiary/aromatic N) is 1. The number of phenols is 1. The summed E-state index contributed by atoms with van der Waals surface area (Å²) in [5.74, 6) is 0.591. The van der Waals surface area contributed by atoms with Crippen LogP contribution in [0.5, 0.6) is 5.75 Å². The molecule has 1 heterocycles. The first kappa shape index (κ1) is 12.2. The fourth-order valence-electron chi connectivity index (χ4n) is 1.91. The highest BCUT2D eigenvalue weighted by Gasteiger charge is 2.26. The van der Waals surface area contributed by atoms with Crippen LogP contribution in [0.1, 0.15) is 30.0 Å². The van der Waals surface area contributed by atoms with Crippen molar-refractivity contribution in [2.45, 2.75) is 25.2 Å². The lowest BCUT2D eigenvalue weighted by Gasteiger charge is -2.03. The van der Waals surface area contributed by atoms with E-state index in [0.717, 1.165) is 5.69 Å². The molecule has 0 aliphatic heterocycles. The Balaban J connectivity index is 1.62. The number of amides is 1. The van der Waals surface area contributed by atoms with Gasteiger partial charge in [0.15, 0.2) is 5.13 Å². The molecule has 1 aliphatic carbocycles. The molecule has 1 fully saturated rings. The Morgan fingerprint density at radius 1 is 1.42 bits per heavy atom. The molecule has 1 saturated carbocycles. The number of phenolic OH excluding ortho intramolecular Hbond substituents is 1. The van der Waals surface area contributed by atoms with Gasteiger partial charge in [-0.05, 0) is 18.9 Å². The van der Waals surface area contributed by atoms with E-state index in [0.29, 0.717) is 16.6 Å². The molecular formula is C14H14N2O2S. The summed E-state index contributed by atoms with van der Waals surface area (Å²) >= 11 is 1.46. The van der Waals surface area contributed by atoms with Crippen molar-refractivity contribution in [3.63, 3.8) is 0 Å². The van der Waals surface area contributed by atoms with Crippen LogP contribution in [-0.4, -0.2) is 16.0 Å². The summed E-state index contributed by atoms with van der Waals surface area (Å²) < 4.78 is 0. The summed E-state index contributed by atoms with van der Waals surface area (Å²) in [5, 5.41) is 15.0. The summed E-state index contributed by atoms with van der Waals surface area (Å²) in [6, 6.07) is 6.86. The number of nitrogens with one attached hydrogen (secondary N) is 1. The van der Waals surface area contributed by atoms with E-state index in [4.69, 9.17) is 0 Å². The number of thiazole rings is 1. The van der Waals surface area contributed by atoms with Crippen LogP contribution in [-0.2, 0) is 11.2 Å². The van der Waals surface area contributed by atoms with E-state index in [1.807, 2.05) is 5.38 Å². The Hall–Kier alpha value is -1.88. The highest BCUT2D eigenvalue weighted by molar-refractivity contribution is 7.13. The molecule has 1 aliphatic rings. The van der Waals surface area contributed by atoms with Crippen LogP contribution in [0.3, 0.4) is 0 Å². The average Bonchev–Trinajstić information content (AvgIpc) is 3.14. The second-order valence-corrected chi connectivity index (χ2v) is 5.56. The molecule has 2 N–H and O–H groups in total. The maximum atomic E-state index is 11.9. The Bertz CT molecular complexity index is 605. The Morgan fingerprint density at radius 2 is 2.21 bits per heavy atom. The van der Waals surface area contributed by atoms with Crippen LogP contribution >= 0.6 is 11.3 Å². The molecule has 0 spiro atoms. The summed E-state index contributed by atoms with van der Waals surface area (Å²) in [4.78, 5) is 16.3. The number of carbonyl (C=O) groups is 1. The standard InChI is InChI=1S/C14H14N2O2S/c17-12-4-2-1-3-10(12)7-13(18)16-14-15-11(8-19-14)9-5-6-9/h1-4,8-9,17H,5-7H2,(H,15,16,18). The van der Waals surface area contributed by atoms with Crippen LogP contribution in [0.25, 0.3) is 0 Å². The van der Waals surface area contributed by atoms with Gasteiger partial charge in [0.25, 0.3) is 0 Å². The monoisotopic (exact) mass is 274 g/mol. The van der Waals surface area contributed by atoms with Crippen LogP contribution in [0, 0.1) is 0 Å². The van der Waals surface area contributed by atoms with E-state index in [-0.39, 0.29) is 18.1 Å². The quantitative estimate of drug-likeness (QED) is 0.901. The minimum atomic E-state index is -0.154. The Labute approximate surface area is 115 Å². The number of benzene rings is 1. The number of rotatable bonds is 4. The van der Waals surface area contributed by atoms with Gasteiger partial charge in [-0.25, -0.2) is 4.98 Å². The number of hydrogen-bond acceptors (Lipinski definition) is 4. The molecule has 1 aromatic carbocycles. The molecule has 0 radical (unpaired) electrons. The SMILES string of the molecule is O=C(Cc1ccccc1O)Nc1nc(C2CC2)cs1. The average molecular weight is 274 g/mol. The molecule has 0 saturated heterocycles. The molecule has 1 aromatic heterocycles. The van der Waals surface area contributed by atoms with Crippen molar-refractivity contribution < 1.29 is 9.90 Å². The zero-order valence-corrected chi connectivity index (χ0v) is 11.1. The van der Waals surface area contributed by atoms with E-state index in [1.54, 1.807) is 24.3 Å². The lowest BCUT2D eigenvalue weighted by Crippen LogP contribution is -2.14. The molecule has 3 rings (SSSR count). The van der Waals surface area contributed by atoms with Gasteiger partial charge >= 0.3 is 0 Å². The molecular weight excluding hydrogens is 260 g/mol. The van der Waals surface area contributed by atoms with E-state index >= 15 is 0 Å². The second-order valence-electron chi connectivity index (χ2n) is 4.71. The molecule has 98 valence electrons. The summed E-state index contributed by atoms with van der Waals surface area (Å²) in [6.45, 7) is 0. The van der Waals surface area contributed by atoms with Crippen molar-refractivity contribution in [2.75, 3.05) is 5.32 Å². The van der Waals surface area contributed by atoms with Crippen LogP contribution in [0.4, 0.5) is 5.13 Å². The zero-order chi connectivity index (χ0) is 13.2. The van der Waals surface area contributed by atoms with Gasteiger partial charge in [0.1, 0.15) is 5.75 Å². The predicted molar refractivity (Wildman–Crippen MR) is 74.5 cm³/mol. The number of carbonyl (C=O) groups excluding carboxylic acids is 1. The molecule has 4 nitrogen and oxygen atoms in total. The number of aromatic hydroxyl groups is 1. The fraction of sp³-hybridized carbons (Fsp3) is 0.286. The van der Waals surface area contributed by atoms with Gasteiger partial charge in [0.2, 0.25) is 5.91 Å². The summed E-state index contributed by atoms with van der Waals surface area (Å²) in [7, 11) is 0. The number of anilines is 1. The topological polar surface area (TPSA) is 62.2 Å². The van der Waals surface area contributed by atoms with Gasteiger partial charge in [-0.1, -0.05) is 18.2 Å². The largest absolute Gasteiger partial charge is 0.508 e. The molecule has 0 unspecified atom stereocenters. The van der Waals surface area contributed by atoms with Gasteiger partial charge in [0.05, 0.1) is 12.1 Å². The first-order valence-corrected chi connectivity index (χ1v) is 7.12. The second kappa shape index (κ2) is 5.01. The number of hydrogen-bond donors (Lipinski definition) is 2. The maximum absolute atomic E-state index is 11.9. The van der Waals surface area contributed by atoms with Crippen LogP contribution < -0.4 is 5.32 Å². The van der Waals surface area contributed by atoms with Crippen LogP contribution in [0.15, 0.2) is 29.6 Å². The normalized spacial score (nSPS) is 14.3. The minimum Gasteiger partial charge on any atom is -0.508 e. The Morgan fingerprint density at radius 3 is 2.95 bits per heavy atom. The van der Waals surface area contributed by atoms with Gasteiger partial charge < -0.3 is 10.4 Å². The number of aromatic nitrogens is 1. The van der Waals surface area contributed by atoms with Crippen molar-refractivity contribution in [3.05, 3.63) is 40.9 Å². The third-order valence-corrected chi connectivity index (χ3v) is 3.88. The molecule has 19 heavy (non-hydrogen) atoms. The van der Waals surface area contributed by atoms with Crippen LogP contribution in [0.2, 0.25) is 0 Å².